The number of aromatic nitrogens is 1. The molecule has 2 heterocycles. The van der Waals surface area contributed by atoms with Crippen LogP contribution in [0.2, 0.25) is 0 Å². The Kier molecular flexibility index (Phi) is 3.03. The first kappa shape index (κ1) is 11.5. The van der Waals surface area contributed by atoms with Crippen molar-refractivity contribution in [1.82, 2.24) is 4.98 Å². The summed E-state index contributed by atoms with van der Waals surface area (Å²) in [6.45, 7) is 1.15. The van der Waals surface area contributed by atoms with Gasteiger partial charge in [0.05, 0.1) is 18.2 Å². The first-order valence-electron chi connectivity index (χ1n) is 6.09. The van der Waals surface area contributed by atoms with Crippen LogP contribution in [0.1, 0.15) is 5.56 Å². The number of nitrogens with zero attached hydrogens (tertiary/aromatic N) is 2. The fraction of sp³-hybridized carbons (Fsp3) is 0.200. The molecular weight excluding hydrogens is 240 g/mol. The van der Waals surface area contributed by atoms with Crippen molar-refractivity contribution < 1.29 is 9.47 Å². The van der Waals surface area contributed by atoms with Crippen LogP contribution in [0.4, 0.5) is 0 Å². The van der Waals surface area contributed by atoms with Gasteiger partial charge in [-0.2, -0.15) is 5.26 Å². The number of fused-ring (bicyclic) bond motifs is 1. The zero-order valence-corrected chi connectivity index (χ0v) is 10.3. The lowest BCUT2D eigenvalue weighted by Crippen LogP contribution is -2.15. The monoisotopic (exact) mass is 252 g/mol. The molecule has 0 radical (unpaired) electrons. The molecule has 1 aromatic carbocycles. The maximum Gasteiger partial charge on any atom is 0.162 e. The van der Waals surface area contributed by atoms with Gasteiger partial charge in [-0.05, 0) is 35.9 Å². The van der Waals surface area contributed by atoms with Gasteiger partial charge in [0.15, 0.2) is 11.5 Å². The Labute approximate surface area is 111 Å². The molecule has 1 aromatic heterocycles. The lowest BCUT2D eigenvalue weighted by molar-refractivity contribution is 0.171. The minimum atomic E-state index is 0.389. The van der Waals surface area contributed by atoms with Crippen LogP contribution in [0.15, 0.2) is 36.5 Å². The van der Waals surface area contributed by atoms with Crippen molar-refractivity contribution >= 4 is 0 Å². The predicted octanol–water partition coefficient (Wildman–Crippen LogP) is 2.59. The molecule has 19 heavy (non-hydrogen) atoms. The van der Waals surface area contributed by atoms with Gasteiger partial charge in [0, 0.05) is 11.8 Å². The summed E-state index contributed by atoms with van der Waals surface area (Å²) in [5.41, 5.74) is 2.76. The number of benzene rings is 1. The maximum absolute atomic E-state index is 8.73. The minimum Gasteiger partial charge on any atom is -0.486 e. The first-order valence-corrected chi connectivity index (χ1v) is 6.09. The molecule has 0 atom stereocenters. The Morgan fingerprint density at radius 2 is 1.95 bits per heavy atom. The van der Waals surface area contributed by atoms with Crippen LogP contribution < -0.4 is 9.47 Å². The molecule has 94 valence electrons. The Morgan fingerprint density at radius 1 is 1.11 bits per heavy atom. The Hall–Kier alpha value is -2.54. The second kappa shape index (κ2) is 4.99. The van der Waals surface area contributed by atoms with Crippen LogP contribution in [0, 0.1) is 11.3 Å². The molecule has 3 rings (SSSR count). The van der Waals surface area contributed by atoms with Crippen molar-refractivity contribution in [3.05, 3.63) is 42.1 Å². The molecule has 0 aliphatic carbocycles. The summed E-state index contributed by atoms with van der Waals surface area (Å²) < 4.78 is 11.0. The van der Waals surface area contributed by atoms with Gasteiger partial charge in [0.1, 0.15) is 13.2 Å². The number of hydrogen-bond acceptors (Lipinski definition) is 4. The van der Waals surface area contributed by atoms with Crippen LogP contribution in [0.25, 0.3) is 11.3 Å². The van der Waals surface area contributed by atoms with Crippen LogP contribution in [-0.4, -0.2) is 18.2 Å². The summed E-state index contributed by atoms with van der Waals surface area (Å²) in [6.07, 6.45) is 2.11. The van der Waals surface area contributed by atoms with Gasteiger partial charge in [-0.15, -0.1) is 0 Å². The predicted molar refractivity (Wildman–Crippen MR) is 70.0 cm³/mol. The standard InChI is InChI=1S/C15H12N2O2/c16-5-3-11-4-6-17-13(9-11)12-1-2-14-15(10-12)19-8-7-18-14/h1-2,4,6,9-10H,3,7-8H2. The van der Waals surface area contributed by atoms with E-state index in [2.05, 4.69) is 11.1 Å². The van der Waals surface area contributed by atoms with E-state index >= 15 is 0 Å². The summed E-state index contributed by atoms with van der Waals surface area (Å²) in [5.74, 6) is 1.51. The van der Waals surface area contributed by atoms with Gasteiger partial charge in [-0.3, -0.25) is 4.98 Å². The molecule has 0 N–H and O–H groups in total. The van der Waals surface area contributed by atoms with Gasteiger partial charge >= 0.3 is 0 Å². The second-order valence-corrected chi connectivity index (χ2v) is 4.24. The zero-order valence-electron chi connectivity index (χ0n) is 10.3. The van der Waals surface area contributed by atoms with E-state index in [1.807, 2.05) is 30.3 Å². The van der Waals surface area contributed by atoms with Crippen molar-refractivity contribution in [3.63, 3.8) is 0 Å². The fourth-order valence-corrected chi connectivity index (χ4v) is 2.04. The number of pyridine rings is 1. The quantitative estimate of drug-likeness (QED) is 0.824. The van der Waals surface area contributed by atoms with Gasteiger partial charge < -0.3 is 9.47 Å². The van der Waals surface area contributed by atoms with E-state index in [9.17, 15) is 0 Å². The van der Waals surface area contributed by atoms with E-state index in [1.165, 1.54) is 0 Å². The van der Waals surface area contributed by atoms with E-state index in [0.29, 0.717) is 19.6 Å². The Morgan fingerprint density at radius 3 is 2.79 bits per heavy atom. The molecule has 1 aliphatic heterocycles. The summed E-state index contributed by atoms with van der Waals surface area (Å²) >= 11 is 0. The lowest BCUT2D eigenvalue weighted by Gasteiger charge is -2.18. The van der Waals surface area contributed by atoms with Gasteiger partial charge in [0.2, 0.25) is 0 Å². The normalized spacial score (nSPS) is 12.8. The SMILES string of the molecule is N#CCc1ccnc(-c2ccc3c(c2)OCCO3)c1. The molecule has 0 bridgehead atoms. The number of nitriles is 1. The highest BCUT2D eigenvalue weighted by Gasteiger charge is 2.12. The molecule has 2 aromatic rings. The number of rotatable bonds is 2. The summed E-state index contributed by atoms with van der Waals surface area (Å²) in [6, 6.07) is 11.7. The highest BCUT2D eigenvalue weighted by Crippen LogP contribution is 2.34. The van der Waals surface area contributed by atoms with Crippen molar-refractivity contribution in [2.75, 3.05) is 13.2 Å². The highest BCUT2D eigenvalue weighted by atomic mass is 16.6. The van der Waals surface area contributed by atoms with E-state index < -0.39 is 0 Å². The van der Waals surface area contributed by atoms with Crippen molar-refractivity contribution in [2.45, 2.75) is 6.42 Å². The number of hydrogen-bond donors (Lipinski definition) is 0. The Bertz CT molecular complexity index is 647. The van der Waals surface area contributed by atoms with E-state index in [-0.39, 0.29) is 0 Å². The number of ether oxygens (including phenoxy) is 2. The molecule has 0 spiro atoms. The highest BCUT2D eigenvalue weighted by molar-refractivity contribution is 5.64. The van der Waals surface area contributed by atoms with Crippen LogP contribution in [-0.2, 0) is 6.42 Å². The molecule has 0 amide bonds. The van der Waals surface area contributed by atoms with E-state index in [4.69, 9.17) is 14.7 Å². The van der Waals surface area contributed by atoms with Crippen LogP contribution >= 0.6 is 0 Å². The fourth-order valence-electron chi connectivity index (χ4n) is 2.04. The Balaban J connectivity index is 1.98. The van der Waals surface area contributed by atoms with E-state index in [0.717, 1.165) is 28.3 Å². The molecule has 0 fully saturated rings. The molecular formula is C15H12N2O2. The van der Waals surface area contributed by atoms with Crippen molar-refractivity contribution in [1.29, 1.82) is 5.26 Å². The topological polar surface area (TPSA) is 55.1 Å². The third kappa shape index (κ3) is 2.36. The van der Waals surface area contributed by atoms with Crippen molar-refractivity contribution in [3.8, 4) is 28.8 Å². The third-order valence-electron chi connectivity index (χ3n) is 2.95. The second-order valence-electron chi connectivity index (χ2n) is 4.24. The molecule has 1 aliphatic rings. The summed E-state index contributed by atoms with van der Waals surface area (Å²) in [4.78, 5) is 4.34. The van der Waals surface area contributed by atoms with Crippen molar-refractivity contribution in [2.24, 2.45) is 0 Å². The molecule has 0 saturated carbocycles. The largest absolute Gasteiger partial charge is 0.486 e. The van der Waals surface area contributed by atoms with Gasteiger partial charge in [0.25, 0.3) is 0 Å². The zero-order chi connectivity index (χ0) is 13.1. The first-order chi connectivity index (χ1) is 9.36. The van der Waals surface area contributed by atoms with Crippen LogP contribution in [0.5, 0.6) is 11.5 Å². The molecule has 4 heteroatoms. The van der Waals surface area contributed by atoms with Crippen LogP contribution in [0.3, 0.4) is 0 Å². The lowest BCUT2D eigenvalue weighted by atomic mass is 10.1. The van der Waals surface area contributed by atoms with Gasteiger partial charge in [-0.1, -0.05) is 0 Å². The van der Waals surface area contributed by atoms with Gasteiger partial charge in [-0.25, -0.2) is 0 Å². The average Bonchev–Trinajstić information content (AvgIpc) is 2.47. The third-order valence-corrected chi connectivity index (χ3v) is 2.95. The average molecular weight is 252 g/mol. The maximum atomic E-state index is 8.73. The molecule has 0 unspecified atom stereocenters. The van der Waals surface area contributed by atoms with E-state index in [1.54, 1.807) is 6.20 Å². The molecule has 4 nitrogen and oxygen atoms in total. The summed E-state index contributed by atoms with van der Waals surface area (Å²) in [7, 11) is 0. The minimum absolute atomic E-state index is 0.389. The smallest absolute Gasteiger partial charge is 0.162 e. The summed E-state index contributed by atoms with van der Waals surface area (Å²) in [5, 5.41) is 8.73. The molecule has 0 saturated heterocycles.